The molecule has 0 aliphatic heterocycles. The van der Waals surface area contributed by atoms with Crippen LogP contribution in [0.1, 0.15) is 38.1 Å². The van der Waals surface area contributed by atoms with Gasteiger partial charge in [0, 0.05) is 35.8 Å². The van der Waals surface area contributed by atoms with E-state index in [9.17, 15) is 4.79 Å². The van der Waals surface area contributed by atoms with Crippen molar-refractivity contribution in [2.24, 2.45) is 0 Å². The van der Waals surface area contributed by atoms with E-state index >= 15 is 0 Å². The SMILES string of the molecule is CC(C)N(CCNC(=O)c1ccc(Cl)cc1)C(C)C. The van der Waals surface area contributed by atoms with Crippen molar-refractivity contribution < 1.29 is 4.79 Å². The standard InChI is InChI=1S/C15H23ClN2O/c1-11(2)18(12(3)4)10-9-17-15(19)13-5-7-14(16)8-6-13/h5-8,11-12H,9-10H2,1-4H3,(H,17,19). The maximum Gasteiger partial charge on any atom is 0.251 e. The van der Waals surface area contributed by atoms with Crippen LogP contribution in [0.5, 0.6) is 0 Å². The summed E-state index contributed by atoms with van der Waals surface area (Å²) < 4.78 is 0. The highest BCUT2D eigenvalue weighted by Crippen LogP contribution is 2.09. The monoisotopic (exact) mass is 282 g/mol. The predicted molar refractivity (Wildman–Crippen MR) is 80.8 cm³/mol. The third-order valence-electron chi connectivity index (χ3n) is 3.09. The summed E-state index contributed by atoms with van der Waals surface area (Å²) in [6, 6.07) is 7.89. The molecule has 3 nitrogen and oxygen atoms in total. The molecule has 0 bridgehead atoms. The Kier molecular flexibility index (Phi) is 6.32. The number of nitrogens with one attached hydrogen (secondary N) is 1. The lowest BCUT2D eigenvalue weighted by molar-refractivity contribution is 0.0939. The third-order valence-corrected chi connectivity index (χ3v) is 3.34. The van der Waals surface area contributed by atoms with Crippen LogP contribution in [-0.2, 0) is 0 Å². The van der Waals surface area contributed by atoms with Crippen molar-refractivity contribution in [2.45, 2.75) is 39.8 Å². The highest BCUT2D eigenvalue weighted by Gasteiger charge is 2.13. The topological polar surface area (TPSA) is 32.3 Å². The molecule has 1 rings (SSSR count). The van der Waals surface area contributed by atoms with Crippen LogP contribution in [0.2, 0.25) is 5.02 Å². The van der Waals surface area contributed by atoms with Gasteiger partial charge in [0.25, 0.3) is 5.91 Å². The fourth-order valence-electron chi connectivity index (χ4n) is 2.11. The lowest BCUT2D eigenvalue weighted by Gasteiger charge is -2.30. The van der Waals surface area contributed by atoms with Crippen LogP contribution in [-0.4, -0.2) is 36.0 Å². The zero-order valence-electron chi connectivity index (χ0n) is 12.1. The summed E-state index contributed by atoms with van der Waals surface area (Å²) in [5, 5.41) is 3.58. The average molecular weight is 283 g/mol. The number of hydrogen-bond donors (Lipinski definition) is 1. The molecule has 0 aliphatic rings. The normalized spacial score (nSPS) is 11.4. The molecule has 1 amide bonds. The molecule has 1 N–H and O–H groups in total. The second kappa shape index (κ2) is 7.51. The van der Waals surface area contributed by atoms with Gasteiger partial charge in [-0.2, -0.15) is 0 Å². The Balaban J connectivity index is 2.44. The number of hydrogen-bond acceptors (Lipinski definition) is 2. The van der Waals surface area contributed by atoms with E-state index < -0.39 is 0 Å². The maximum atomic E-state index is 11.9. The Bertz CT molecular complexity index is 393. The number of halogens is 1. The van der Waals surface area contributed by atoms with Crippen LogP contribution < -0.4 is 5.32 Å². The molecule has 1 aromatic rings. The average Bonchev–Trinajstić information content (AvgIpc) is 2.34. The second-order valence-electron chi connectivity index (χ2n) is 5.19. The van der Waals surface area contributed by atoms with Gasteiger partial charge in [0.2, 0.25) is 0 Å². The van der Waals surface area contributed by atoms with E-state index in [-0.39, 0.29) is 5.91 Å². The molecule has 19 heavy (non-hydrogen) atoms. The molecule has 0 aromatic heterocycles. The van der Waals surface area contributed by atoms with Crippen LogP contribution in [0.15, 0.2) is 24.3 Å². The van der Waals surface area contributed by atoms with Crippen molar-refractivity contribution in [3.63, 3.8) is 0 Å². The minimum Gasteiger partial charge on any atom is -0.351 e. The van der Waals surface area contributed by atoms with Gasteiger partial charge in [0.1, 0.15) is 0 Å². The molecule has 0 radical (unpaired) electrons. The summed E-state index contributed by atoms with van der Waals surface area (Å²) in [4.78, 5) is 14.3. The Hall–Kier alpha value is -1.06. The minimum atomic E-state index is -0.0517. The highest BCUT2D eigenvalue weighted by molar-refractivity contribution is 6.30. The molecule has 0 saturated heterocycles. The van der Waals surface area contributed by atoms with Crippen molar-refractivity contribution in [2.75, 3.05) is 13.1 Å². The molecule has 0 saturated carbocycles. The van der Waals surface area contributed by atoms with Crippen LogP contribution in [0.3, 0.4) is 0 Å². The van der Waals surface area contributed by atoms with Gasteiger partial charge < -0.3 is 5.32 Å². The van der Waals surface area contributed by atoms with Crippen LogP contribution in [0, 0.1) is 0 Å². The summed E-state index contributed by atoms with van der Waals surface area (Å²) in [5.41, 5.74) is 0.644. The molecular formula is C15H23ClN2O. The molecule has 0 heterocycles. The number of rotatable bonds is 6. The molecule has 0 unspecified atom stereocenters. The Morgan fingerprint density at radius 2 is 1.68 bits per heavy atom. The molecule has 0 atom stereocenters. The number of carbonyl (C=O) groups is 1. The second-order valence-corrected chi connectivity index (χ2v) is 5.62. The molecule has 0 fully saturated rings. The van der Waals surface area contributed by atoms with E-state index in [1.54, 1.807) is 24.3 Å². The van der Waals surface area contributed by atoms with Gasteiger partial charge in [-0.25, -0.2) is 0 Å². The molecule has 0 spiro atoms. The van der Waals surface area contributed by atoms with E-state index in [1.807, 2.05) is 0 Å². The predicted octanol–water partition coefficient (Wildman–Crippen LogP) is 3.19. The van der Waals surface area contributed by atoms with Crippen molar-refractivity contribution in [3.05, 3.63) is 34.9 Å². The Morgan fingerprint density at radius 1 is 1.16 bits per heavy atom. The first-order valence-electron chi connectivity index (χ1n) is 6.71. The van der Waals surface area contributed by atoms with Crippen molar-refractivity contribution >= 4 is 17.5 Å². The van der Waals surface area contributed by atoms with Gasteiger partial charge in [-0.15, -0.1) is 0 Å². The fourth-order valence-corrected chi connectivity index (χ4v) is 2.24. The number of carbonyl (C=O) groups excluding carboxylic acids is 1. The van der Waals surface area contributed by atoms with Gasteiger partial charge >= 0.3 is 0 Å². The van der Waals surface area contributed by atoms with E-state index in [4.69, 9.17) is 11.6 Å². The summed E-state index contributed by atoms with van der Waals surface area (Å²) >= 11 is 5.79. The third kappa shape index (κ3) is 5.21. The molecular weight excluding hydrogens is 260 g/mol. The van der Waals surface area contributed by atoms with E-state index in [0.29, 0.717) is 29.2 Å². The summed E-state index contributed by atoms with van der Waals surface area (Å²) in [6.45, 7) is 10.2. The fraction of sp³-hybridized carbons (Fsp3) is 0.533. The zero-order chi connectivity index (χ0) is 14.4. The maximum absolute atomic E-state index is 11.9. The van der Waals surface area contributed by atoms with Crippen LogP contribution >= 0.6 is 11.6 Å². The number of amides is 1. The van der Waals surface area contributed by atoms with Gasteiger partial charge in [0.05, 0.1) is 0 Å². The minimum absolute atomic E-state index is 0.0517. The Labute approximate surface area is 120 Å². The Morgan fingerprint density at radius 3 is 2.16 bits per heavy atom. The summed E-state index contributed by atoms with van der Waals surface area (Å²) in [5.74, 6) is -0.0517. The van der Waals surface area contributed by atoms with Crippen LogP contribution in [0.4, 0.5) is 0 Å². The van der Waals surface area contributed by atoms with Crippen LogP contribution in [0.25, 0.3) is 0 Å². The summed E-state index contributed by atoms with van der Waals surface area (Å²) in [7, 11) is 0. The van der Waals surface area contributed by atoms with Gasteiger partial charge in [0.15, 0.2) is 0 Å². The first kappa shape index (κ1) is 16.0. The van der Waals surface area contributed by atoms with E-state index in [0.717, 1.165) is 6.54 Å². The molecule has 106 valence electrons. The lowest BCUT2D eigenvalue weighted by atomic mass is 10.2. The molecule has 0 aliphatic carbocycles. The lowest BCUT2D eigenvalue weighted by Crippen LogP contribution is -2.42. The van der Waals surface area contributed by atoms with E-state index in [1.165, 1.54) is 0 Å². The first-order chi connectivity index (χ1) is 8.91. The van der Waals surface area contributed by atoms with Gasteiger partial charge in [-0.05, 0) is 52.0 Å². The van der Waals surface area contributed by atoms with Crippen molar-refractivity contribution in [1.29, 1.82) is 0 Å². The zero-order valence-corrected chi connectivity index (χ0v) is 12.9. The van der Waals surface area contributed by atoms with Gasteiger partial charge in [-0.1, -0.05) is 11.6 Å². The van der Waals surface area contributed by atoms with Crippen molar-refractivity contribution in [3.8, 4) is 0 Å². The molecule has 1 aromatic carbocycles. The number of benzene rings is 1. The van der Waals surface area contributed by atoms with Crippen molar-refractivity contribution in [1.82, 2.24) is 10.2 Å². The quantitative estimate of drug-likeness (QED) is 0.869. The van der Waals surface area contributed by atoms with Gasteiger partial charge in [-0.3, -0.25) is 9.69 Å². The highest BCUT2D eigenvalue weighted by atomic mass is 35.5. The first-order valence-corrected chi connectivity index (χ1v) is 7.09. The van der Waals surface area contributed by atoms with E-state index in [2.05, 4.69) is 37.9 Å². The largest absolute Gasteiger partial charge is 0.351 e. The molecule has 4 heteroatoms. The number of nitrogens with zero attached hydrogens (tertiary/aromatic N) is 1. The smallest absolute Gasteiger partial charge is 0.251 e. The summed E-state index contributed by atoms with van der Waals surface area (Å²) in [6.07, 6.45) is 0.